The van der Waals surface area contributed by atoms with Gasteiger partial charge in [-0.05, 0) is 27.7 Å². The Morgan fingerprint density at radius 3 is 2.40 bits per heavy atom. The van der Waals surface area contributed by atoms with Gasteiger partial charge in [0, 0.05) is 0 Å². The molecule has 56 valence electrons. The summed E-state index contributed by atoms with van der Waals surface area (Å²) in [5.41, 5.74) is 0. The van der Waals surface area contributed by atoms with Gasteiger partial charge in [-0.2, -0.15) is 0 Å². The predicted molar refractivity (Wildman–Crippen MR) is 44.0 cm³/mol. The van der Waals surface area contributed by atoms with E-state index in [9.17, 15) is 4.79 Å². The molecule has 0 aliphatic carbocycles. The monoisotopic (exact) mass is 224 g/mol. The highest BCUT2D eigenvalue weighted by atomic mass is 79.9. The topological polar surface area (TPSA) is 74.0 Å². The average Bonchev–Trinajstić information content (AvgIpc) is 1.85. The molecule has 0 saturated heterocycles. The molecule has 10 heavy (non-hydrogen) atoms. The van der Waals surface area contributed by atoms with Gasteiger partial charge < -0.3 is 4.74 Å². The normalized spacial score (nSPS) is 8.60. The van der Waals surface area contributed by atoms with Crippen LogP contribution in [0.1, 0.15) is 0 Å². The van der Waals surface area contributed by atoms with E-state index in [2.05, 4.69) is 20.7 Å². The number of esters is 1. The smallest absolute Gasteiger partial charge is 0.363 e. The molecule has 0 aromatic carbocycles. The third kappa shape index (κ3) is 3.62. The Morgan fingerprint density at radius 1 is 1.60 bits per heavy atom. The van der Waals surface area contributed by atoms with E-state index in [1.807, 2.05) is 0 Å². The Kier molecular flexibility index (Phi) is 4.29. The predicted octanol–water partition coefficient (Wildman–Crippen LogP) is 1.20. The number of carbonyl (C=O) groups is 1. The molecule has 0 fully saturated rings. The van der Waals surface area contributed by atoms with Crippen molar-refractivity contribution in [1.29, 1.82) is 10.8 Å². The lowest BCUT2D eigenvalue weighted by Gasteiger charge is -1.96. The van der Waals surface area contributed by atoms with Crippen molar-refractivity contribution < 1.29 is 9.53 Å². The maximum atomic E-state index is 10.5. The minimum Gasteiger partial charge on any atom is -0.464 e. The van der Waals surface area contributed by atoms with Crippen molar-refractivity contribution in [2.45, 2.75) is 0 Å². The number of hydrogen-bond donors (Lipinski definition) is 2. The number of nitrogens with one attached hydrogen (secondary N) is 2. The molecule has 0 aromatic rings. The maximum absolute atomic E-state index is 10.5. The van der Waals surface area contributed by atoms with E-state index >= 15 is 0 Å². The van der Waals surface area contributed by atoms with Crippen molar-refractivity contribution >= 4 is 42.7 Å². The number of halogens is 1. The molecule has 0 aliphatic rings. The van der Waals surface area contributed by atoms with Gasteiger partial charge in [0.15, 0.2) is 5.04 Å². The fourth-order valence-corrected chi connectivity index (χ4v) is 1.06. The molecule has 0 aromatic heterocycles. The molecular formula is C4H5BrN2O2S. The molecule has 0 rings (SSSR count). The highest BCUT2D eigenvalue weighted by Gasteiger charge is 2.10. The van der Waals surface area contributed by atoms with Crippen LogP contribution in [-0.2, 0) is 9.53 Å². The minimum absolute atomic E-state index is 0.0166. The number of thioether (sulfide) groups is 1. The third-order valence-corrected chi connectivity index (χ3v) is 1.60. The fourth-order valence-electron chi connectivity index (χ4n) is 0.224. The number of carbonyl (C=O) groups excluding carboxylic acids is 1. The van der Waals surface area contributed by atoms with Crippen LogP contribution < -0.4 is 0 Å². The van der Waals surface area contributed by atoms with Crippen LogP contribution >= 0.6 is 27.7 Å². The first-order valence-corrected chi connectivity index (χ1v) is 3.77. The molecule has 0 amide bonds. The summed E-state index contributed by atoms with van der Waals surface area (Å²) in [5, 5.41) is 13.5. The summed E-state index contributed by atoms with van der Waals surface area (Å²) in [4.78, 5) is 10.5. The van der Waals surface area contributed by atoms with E-state index in [-0.39, 0.29) is 9.00 Å². The van der Waals surface area contributed by atoms with Gasteiger partial charge >= 0.3 is 5.97 Å². The fraction of sp³-hybridized carbons (Fsp3) is 0.250. The molecule has 0 bridgehead atoms. The summed E-state index contributed by atoms with van der Waals surface area (Å²) < 4.78 is 4.23. The van der Waals surface area contributed by atoms with Crippen LogP contribution in [0.5, 0.6) is 0 Å². The largest absolute Gasteiger partial charge is 0.464 e. The van der Waals surface area contributed by atoms with Crippen molar-refractivity contribution in [3.05, 3.63) is 0 Å². The first-order valence-electron chi connectivity index (χ1n) is 2.16. The average molecular weight is 225 g/mol. The van der Waals surface area contributed by atoms with E-state index in [4.69, 9.17) is 10.8 Å². The van der Waals surface area contributed by atoms with Gasteiger partial charge in [-0.1, -0.05) is 0 Å². The van der Waals surface area contributed by atoms with E-state index < -0.39 is 5.97 Å². The molecular weight excluding hydrogens is 220 g/mol. The second-order valence-electron chi connectivity index (χ2n) is 1.20. The van der Waals surface area contributed by atoms with Crippen LogP contribution in [-0.4, -0.2) is 22.1 Å². The van der Waals surface area contributed by atoms with Crippen LogP contribution in [0.15, 0.2) is 0 Å². The molecule has 2 N–H and O–H groups in total. The highest BCUT2D eigenvalue weighted by Crippen LogP contribution is 2.09. The highest BCUT2D eigenvalue weighted by molar-refractivity contribution is 9.22. The van der Waals surface area contributed by atoms with Crippen molar-refractivity contribution in [1.82, 2.24) is 0 Å². The third-order valence-electron chi connectivity index (χ3n) is 0.562. The lowest BCUT2D eigenvalue weighted by molar-refractivity contribution is -0.132. The van der Waals surface area contributed by atoms with Crippen LogP contribution in [0, 0.1) is 10.8 Å². The second kappa shape index (κ2) is 4.45. The van der Waals surface area contributed by atoms with Crippen molar-refractivity contribution in [2.24, 2.45) is 0 Å². The molecule has 0 heterocycles. The van der Waals surface area contributed by atoms with Crippen LogP contribution in [0.2, 0.25) is 0 Å². The summed E-state index contributed by atoms with van der Waals surface area (Å²) in [7, 11) is 1.19. The summed E-state index contributed by atoms with van der Waals surface area (Å²) in [6, 6.07) is 0. The molecule has 6 heteroatoms. The second-order valence-corrected chi connectivity index (χ2v) is 3.53. The standard InChI is InChI=1S/C4H5BrN2O2S/c1-9-3(8)2(6)10-4(5)7/h6-7H,1H3. The number of ether oxygens (including phenoxy) is 1. The van der Waals surface area contributed by atoms with Crippen molar-refractivity contribution in [2.75, 3.05) is 7.11 Å². The quantitative estimate of drug-likeness (QED) is 0.369. The van der Waals surface area contributed by atoms with Gasteiger partial charge in [-0.25, -0.2) is 4.79 Å². The van der Waals surface area contributed by atoms with Crippen LogP contribution in [0.25, 0.3) is 0 Å². The lowest BCUT2D eigenvalue weighted by Crippen LogP contribution is -2.11. The van der Waals surface area contributed by atoms with Crippen LogP contribution in [0.4, 0.5) is 0 Å². The van der Waals surface area contributed by atoms with E-state index in [0.717, 1.165) is 0 Å². The Labute approximate surface area is 70.5 Å². The van der Waals surface area contributed by atoms with E-state index in [1.54, 1.807) is 0 Å². The number of hydrogen-bond acceptors (Lipinski definition) is 5. The molecule has 0 radical (unpaired) electrons. The Morgan fingerprint density at radius 2 is 2.10 bits per heavy atom. The summed E-state index contributed by atoms with van der Waals surface area (Å²) >= 11 is 3.47. The summed E-state index contributed by atoms with van der Waals surface area (Å²) in [6.45, 7) is 0. The molecule has 0 saturated carbocycles. The van der Waals surface area contributed by atoms with E-state index in [1.165, 1.54) is 7.11 Å². The number of rotatable bonds is 0. The zero-order chi connectivity index (χ0) is 8.15. The Bertz CT molecular complexity index is 182. The molecule has 4 nitrogen and oxygen atoms in total. The van der Waals surface area contributed by atoms with Crippen LogP contribution in [0.3, 0.4) is 0 Å². The molecule has 0 spiro atoms. The van der Waals surface area contributed by atoms with Gasteiger partial charge in [0.25, 0.3) is 0 Å². The minimum atomic E-state index is -0.728. The van der Waals surface area contributed by atoms with E-state index in [0.29, 0.717) is 11.8 Å². The molecule has 0 atom stereocenters. The summed E-state index contributed by atoms with van der Waals surface area (Å²) in [6.07, 6.45) is 0. The number of methoxy groups -OCH3 is 1. The Balaban J connectivity index is 3.86. The summed E-state index contributed by atoms with van der Waals surface area (Å²) in [5.74, 6) is -0.728. The first kappa shape index (κ1) is 9.64. The maximum Gasteiger partial charge on any atom is 0.363 e. The van der Waals surface area contributed by atoms with Gasteiger partial charge in [-0.15, -0.1) is 0 Å². The Hall–Kier alpha value is -0.360. The first-order chi connectivity index (χ1) is 4.57. The van der Waals surface area contributed by atoms with Gasteiger partial charge in [-0.3, -0.25) is 10.8 Å². The van der Waals surface area contributed by atoms with Gasteiger partial charge in [0.2, 0.25) is 0 Å². The molecule has 0 unspecified atom stereocenters. The zero-order valence-electron chi connectivity index (χ0n) is 5.10. The lowest BCUT2D eigenvalue weighted by atomic mass is 10.7. The zero-order valence-corrected chi connectivity index (χ0v) is 7.51. The SMILES string of the molecule is COC(=O)C(=N)SC(=N)Br. The van der Waals surface area contributed by atoms with Crippen molar-refractivity contribution in [3.8, 4) is 0 Å². The van der Waals surface area contributed by atoms with Crippen molar-refractivity contribution in [3.63, 3.8) is 0 Å². The molecule has 0 aliphatic heterocycles. The van der Waals surface area contributed by atoms with Gasteiger partial charge in [0.05, 0.1) is 7.11 Å². The van der Waals surface area contributed by atoms with Gasteiger partial charge in [0.1, 0.15) is 3.95 Å².